The second-order valence-electron chi connectivity index (χ2n) is 8.26. The number of rotatable bonds is 7. The third-order valence-electron chi connectivity index (χ3n) is 3.07. The third kappa shape index (κ3) is 9.06. The third-order valence-corrected chi connectivity index (χ3v) is 3.07. The van der Waals surface area contributed by atoms with E-state index in [4.69, 9.17) is 24.3 Å². The van der Waals surface area contributed by atoms with Crippen molar-refractivity contribution in [3.05, 3.63) is 0 Å². The van der Waals surface area contributed by atoms with Gasteiger partial charge < -0.3 is 4.74 Å². The van der Waals surface area contributed by atoms with E-state index in [1.54, 1.807) is 6.92 Å². The predicted octanol–water partition coefficient (Wildman–Crippen LogP) is 4.55. The quantitative estimate of drug-likeness (QED) is 0.391. The average molecular weight is 318 g/mol. The summed E-state index contributed by atoms with van der Waals surface area (Å²) < 4.78 is 5.97. The van der Waals surface area contributed by atoms with E-state index < -0.39 is 17.0 Å². The molecule has 1 saturated carbocycles. The predicted molar refractivity (Wildman–Crippen MR) is 85.1 cm³/mol. The molecule has 5 heteroatoms. The van der Waals surface area contributed by atoms with Crippen molar-refractivity contribution in [3.8, 4) is 0 Å². The molecule has 0 aromatic carbocycles. The fraction of sp³-hybridized carbons (Fsp3) is 1.00. The van der Waals surface area contributed by atoms with Crippen molar-refractivity contribution in [3.63, 3.8) is 0 Å². The highest BCUT2D eigenvalue weighted by atomic mass is 17.3. The van der Waals surface area contributed by atoms with Gasteiger partial charge >= 0.3 is 0 Å². The monoisotopic (exact) mass is 318 g/mol. The van der Waals surface area contributed by atoms with Crippen LogP contribution in [0.1, 0.15) is 80.6 Å². The van der Waals surface area contributed by atoms with Gasteiger partial charge in [0, 0.05) is 0 Å². The molecule has 0 aromatic heterocycles. The molecular weight excluding hydrogens is 284 g/mol. The Hall–Kier alpha value is -0.200. The standard InChI is InChI=1S/C17H34O5/c1-15(2,3)19-21-17(7,22-20-16(4,5)6)13-18-14-11-9-8-10-12-14/h14H,8-13H2,1-7H3. The van der Waals surface area contributed by atoms with Crippen LogP contribution < -0.4 is 0 Å². The van der Waals surface area contributed by atoms with Gasteiger partial charge in [0.15, 0.2) is 0 Å². The molecule has 132 valence electrons. The van der Waals surface area contributed by atoms with Gasteiger partial charge in [-0.2, -0.15) is 9.78 Å². The molecule has 0 heterocycles. The summed E-state index contributed by atoms with van der Waals surface area (Å²) in [5, 5.41) is 0. The van der Waals surface area contributed by atoms with Gasteiger partial charge in [0.25, 0.3) is 5.79 Å². The molecule has 0 aliphatic heterocycles. The van der Waals surface area contributed by atoms with Crippen LogP contribution in [-0.4, -0.2) is 29.7 Å². The van der Waals surface area contributed by atoms with Crippen molar-refractivity contribution in [2.45, 2.75) is 104 Å². The Morgan fingerprint density at radius 2 is 1.14 bits per heavy atom. The van der Waals surface area contributed by atoms with Gasteiger partial charge in [0.1, 0.15) is 6.61 Å². The zero-order chi connectivity index (χ0) is 16.9. The first-order valence-corrected chi connectivity index (χ1v) is 8.34. The summed E-state index contributed by atoms with van der Waals surface area (Å²) >= 11 is 0. The minimum absolute atomic E-state index is 0.268. The van der Waals surface area contributed by atoms with Crippen LogP contribution in [0.15, 0.2) is 0 Å². The number of hydrogen-bond acceptors (Lipinski definition) is 5. The highest BCUT2D eigenvalue weighted by molar-refractivity contribution is 4.68. The maximum atomic E-state index is 5.97. The Labute approximate surface area is 135 Å². The molecule has 1 fully saturated rings. The number of hydrogen-bond donors (Lipinski definition) is 0. The van der Waals surface area contributed by atoms with Gasteiger partial charge in [-0.25, -0.2) is 9.78 Å². The molecular formula is C17H34O5. The minimum atomic E-state index is -1.10. The molecule has 0 N–H and O–H groups in total. The van der Waals surface area contributed by atoms with Crippen molar-refractivity contribution in [1.29, 1.82) is 0 Å². The van der Waals surface area contributed by atoms with E-state index in [0.717, 1.165) is 12.8 Å². The molecule has 1 rings (SSSR count). The lowest BCUT2D eigenvalue weighted by Gasteiger charge is -2.34. The van der Waals surface area contributed by atoms with Crippen LogP contribution in [0.3, 0.4) is 0 Å². The summed E-state index contributed by atoms with van der Waals surface area (Å²) in [6.07, 6.45) is 6.20. The van der Waals surface area contributed by atoms with Crippen molar-refractivity contribution >= 4 is 0 Å². The first-order valence-electron chi connectivity index (χ1n) is 8.34. The molecule has 0 unspecified atom stereocenters. The van der Waals surface area contributed by atoms with E-state index in [2.05, 4.69) is 0 Å². The van der Waals surface area contributed by atoms with Crippen LogP contribution in [0.25, 0.3) is 0 Å². The van der Waals surface area contributed by atoms with Gasteiger partial charge in [-0.1, -0.05) is 19.3 Å². The molecule has 0 radical (unpaired) electrons. The Kier molecular flexibility index (Phi) is 7.27. The highest BCUT2D eigenvalue weighted by Crippen LogP contribution is 2.25. The second kappa shape index (κ2) is 8.06. The lowest BCUT2D eigenvalue weighted by atomic mass is 9.98. The van der Waals surface area contributed by atoms with E-state index in [-0.39, 0.29) is 12.7 Å². The molecule has 0 atom stereocenters. The van der Waals surface area contributed by atoms with E-state index in [9.17, 15) is 0 Å². The van der Waals surface area contributed by atoms with Gasteiger partial charge in [0.2, 0.25) is 0 Å². The van der Waals surface area contributed by atoms with E-state index in [1.165, 1.54) is 19.3 Å². The minimum Gasteiger partial charge on any atom is -0.372 e. The Balaban J connectivity index is 2.54. The lowest BCUT2D eigenvalue weighted by molar-refractivity contribution is -0.541. The molecule has 0 aromatic rings. The summed E-state index contributed by atoms with van der Waals surface area (Å²) in [6.45, 7) is 13.5. The largest absolute Gasteiger partial charge is 0.372 e. The van der Waals surface area contributed by atoms with Crippen LogP contribution in [0.4, 0.5) is 0 Å². The molecule has 22 heavy (non-hydrogen) atoms. The zero-order valence-electron chi connectivity index (χ0n) is 15.4. The molecule has 0 amide bonds. The van der Waals surface area contributed by atoms with Gasteiger partial charge in [-0.3, -0.25) is 0 Å². The maximum absolute atomic E-state index is 5.97. The normalized spacial score (nSPS) is 18.7. The molecule has 0 bridgehead atoms. The van der Waals surface area contributed by atoms with E-state index >= 15 is 0 Å². The van der Waals surface area contributed by atoms with Gasteiger partial charge in [-0.05, 0) is 61.3 Å². The SMILES string of the molecule is CC(C)(C)OOC(C)(COC1CCCCC1)OOC(C)(C)C. The zero-order valence-corrected chi connectivity index (χ0v) is 15.4. The van der Waals surface area contributed by atoms with Crippen LogP contribution in [0.2, 0.25) is 0 Å². The summed E-state index contributed by atoms with van der Waals surface area (Å²) in [5.74, 6) is -1.10. The average Bonchev–Trinajstić information content (AvgIpc) is 2.41. The molecule has 1 aliphatic carbocycles. The highest BCUT2D eigenvalue weighted by Gasteiger charge is 2.35. The number of ether oxygens (including phenoxy) is 1. The maximum Gasteiger partial charge on any atom is 0.254 e. The van der Waals surface area contributed by atoms with Gasteiger partial charge in [0.05, 0.1) is 17.3 Å². The van der Waals surface area contributed by atoms with Gasteiger partial charge in [-0.15, -0.1) is 0 Å². The molecule has 0 spiro atoms. The Morgan fingerprint density at radius 1 is 0.682 bits per heavy atom. The first-order chi connectivity index (χ1) is 9.99. The lowest BCUT2D eigenvalue weighted by Crippen LogP contribution is -2.43. The van der Waals surface area contributed by atoms with Crippen LogP contribution in [-0.2, 0) is 24.3 Å². The Bertz CT molecular complexity index is 292. The summed E-state index contributed by atoms with van der Waals surface area (Å²) in [5.41, 5.74) is -0.867. The van der Waals surface area contributed by atoms with E-state index in [0.29, 0.717) is 0 Å². The fourth-order valence-corrected chi connectivity index (χ4v) is 1.99. The fourth-order valence-electron chi connectivity index (χ4n) is 1.99. The summed E-state index contributed by atoms with van der Waals surface area (Å²) in [6, 6.07) is 0. The molecule has 5 nitrogen and oxygen atoms in total. The van der Waals surface area contributed by atoms with Crippen LogP contribution in [0, 0.1) is 0 Å². The van der Waals surface area contributed by atoms with Crippen molar-refractivity contribution in [2.24, 2.45) is 0 Å². The molecule has 0 saturated heterocycles. The van der Waals surface area contributed by atoms with Crippen molar-refractivity contribution < 1.29 is 24.3 Å². The topological polar surface area (TPSA) is 46.2 Å². The summed E-state index contributed by atoms with van der Waals surface area (Å²) in [7, 11) is 0. The molecule has 1 aliphatic rings. The first kappa shape index (κ1) is 19.8. The van der Waals surface area contributed by atoms with E-state index in [1.807, 2.05) is 41.5 Å². The summed E-state index contributed by atoms with van der Waals surface area (Å²) in [4.78, 5) is 21.8. The Morgan fingerprint density at radius 3 is 1.55 bits per heavy atom. The van der Waals surface area contributed by atoms with Crippen LogP contribution >= 0.6 is 0 Å². The van der Waals surface area contributed by atoms with Crippen LogP contribution in [0.5, 0.6) is 0 Å². The van der Waals surface area contributed by atoms with Crippen molar-refractivity contribution in [1.82, 2.24) is 0 Å². The van der Waals surface area contributed by atoms with Crippen molar-refractivity contribution in [2.75, 3.05) is 6.61 Å². The smallest absolute Gasteiger partial charge is 0.254 e. The second-order valence-corrected chi connectivity index (χ2v) is 8.26.